The quantitative estimate of drug-likeness (QED) is 0.179. The van der Waals surface area contributed by atoms with Gasteiger partial charge in [-0.25, -0.2) is 0 Å². The number of ether oxygens (including phenoxy) is 3. The molecule has 5 heteroatoms. The maximum absolute atomic E-state index is 13.6. The minimum Gasteiger partial charge on any atom is -0.465 e. The van der Waals surface area contributed by atoms with Gasteiger partial charge in [-0.3, -0.25) is 9.59 Å². The summed E-state index contributed by atoms with van der Waals surface area (Å²) >= 11 is 0. The molecular formula is C35H54O5. The van der Waals surface area contributed by atoms with E-state index in [0.717, 1.165) is 36.0 Å². The van der Waals surface area contributed by atoms with E-state index < -0.39 is 6.29 Å². The summed E-state index contributed by atoms with van der Waals surface area (Å²) in [5, 5.41) is 0. The van der Waals surface area contributed by atoms with Gasteiger partial charge in [-0.2, -0.15) is 0 Å². The third kappa shape index (κ3) is 4.58. The van der Waals surface area contributed by atoms with Crippen LogP contribution in [0.5, 0.6) is 0 Å². The van der Waals surface area contributed by atoms with Crippen LogP contribution in [0.1, 0.15) is 106 Å². The minimum absolute atomic E-state index is 0.00104. The molecule has 5 nitrogen and oxygen atoms in total. The normalized spacial score (nSPS) is 47.5. The number of hydrogen-bond donors (Lipinski definition) is 0. The average Bonchev–Trinajstić information content (AvgIpc) is 3.59. The van der Waals surface area contributed by atoms with E-state index in [-0.39, 0.29) is 40.7 Å². The van der Waals surface area contributed by atoms with E-state index in [1.54, 1.807) is 0 Å². The molecule has 8 bridgehead atoms. The Kier molecular flexibility index (Phi) is 6.73. The summed E-state index contributed by atoms with van der Waals surface area (Å²) in [5.41, 5.74) is -0.134. The molecule has 8 aliphatic rings. The average molecular weight is 555 g/mol. The van der Waals surface area contributed by atoms with Crippen LogP contribution >= 0.6 is 0 Å². The Morgan fingerprint density at radius 3 is 2.00 bits per heavy atom. The van der Waals surface area contributed by atoms with Crippen molar-refractivity contribution in [1.29, 1.82) is 0 Å². The number of esters is 2. The predicted molar refractivity (Wildman–Crippen MR) is 153 cm³/mol. The molecule has 0 amide bonds. The Hall–Kier alpha value is -1.10. The molecule has 0 radical (unpaired) electrons. The largest absolute Gasteiger partial charge is 0.465 e. The van der Waals surface area contributed by atoms with Crippen LogP contribution in [0.2, 0.25) is 0 Å². The van der Waals surface area contributed by atoms with E-state index in [1.165, 1.54) is 57.8 Å². The highest BCUT2D eigenvalue weighted by molar-refractivity contribution is 5.74. The molecule has 0 aliphatic heterocycles. The van der Waals surface area contributed by atoms with Crippen LogP contribution in [0.4, 0.5) is 0 Å². The fraction of sp³-hybridized carbons (Fsp3) is 0.943. The van der Waals surface area contributed by atoms with Crippen molar-refractivity contribution in [1.82, 2.24) is 0 Å². The van der Waals surface area contributed by atoms with Crippen LogP contribution < -0.4 is 0 Å². The van der Waals surface area contributed by atoms with Gasteiger partial charge < -0.3 is 14.2 Å². The smallest absolute Gasteiger partial charge is 0.311 e. The standard InChI is InChI=1S/C35H54O5/c1-18(2)31(34(4,5)6)33(37)38-17-25-10-23-11-26(25)30-27-12-24(29(23)30)13-28(27)32(36)39-19(3)40-35-14-20-7-21(15-35)9-22(8-20)16-35/h18-31H,7-17H2,1-6H3/t19?,20?,21?,22?,23?,24?,25?,26-,27?,28?,29?,30?,31?,35?/m0/s1. The van der Waals surface area contributed by atoms with Crippen molar-refractivity contribution in [2.75, 3.05) is 6.61 Å². The Balaban J connectivity index is 0.957. The van der Waals surface area contributed by atoms with Crippen molar-refractivity contribution in [3.63, 3.8) is 0 Å². The second-order valence-corrected chi connectivity index (χ2v) is 17.3. The molecule has 0 spiro atoms. The minimum atomic E-state index is -0.442. The van der Waals surface area contributed by atoms with Gasteiger partial charge in [0.25, 0.3) is 0 Å². The summed E-state index contributed by atoms with van der Waals surface area (Å²) in [7, 11) is 0. The molecule has 9 unspecified atom stereocenters. The van der Waals surface area contributed by atoms with Crippen LogP contribution in [0.25, 0.3) is 0 Å². The molecule has 40 heavy (non-hydrogen) atoms. The summed E-state index contributed by atoms with van der Waals surface area (Å²) in [4.78, 5) is 26.7. The van der Waals surface area contributed by atoms with Gasteiger partial charge in [0.15, 0.2) is 0 Å². The lowest BCUT2D eigenvalue weighted by Gasteiger charge is -2.56. The summed E-state index contributed by atoms with van der Waals surface area (Å²) in [5.74, 6) is 7.00. The number of carbonyl (C=O) groups excluding carboxylic acids is 2. The van der Waals surface area contributed by atoms with Crippen LogP contribution in [0, 0.1) is 82.3 Å². The van der Waals surface area contributed by atoms with E-state index in [0.29, 0.717) is 36.2 Å². The van der Waals surface area contributed by atoms with E-state index in [2.05, 4.69) is 34.6 Å². The molecule has 224 valence electrons. The summed E-state index contributed by atoms with van der Waals surface area (Å²) in [6.07, 6.45) is 11.9. The Morgan fingerprint density at radius 1 is 0.800 bits per heavy atom. The zero-order chi connectivity index (χ0) is 28.1. The molecule has 0 aromatic carbocycles. The second-order valence-electron chi connectivity index (χ2n) is 17.3. The molecule has 0 aromatic rings. The lowest BCUT2D eigenvalue weighted by molar-refractivity contribution is -0.247. The molecule has 8 aliphatic carbocycles. The van der Waals surface area contributed by atoms with Crippen LogP contribution in [0.15, 0.2) is 0 Å². The zero-order valence-electron chi connectivity index (χ0n) is 25.9. The number of hydrogen-bond acceptors (Lipinski definition) is 5. The van der Waals surface area contributed by atoms with Crippen molar-refractivity contribution in [2.45, 2.75) is 118 Å². The summed E-state index contributed by atoms with van der Waals surface area (Å²) < 4.78 is 18.8. The zero-order valence-corrected chi connectivity index (χ0v) is 25.9. The monoisotopic (exact) mass is 554 g/mol. The van der Waals surface area contributed by atoms with Crippen molar-refractivity contribution in [3.05, 3.63) is 0 Å². The topological polar surface area (TPSA) is 61.8 Å². The van der Waals surface area contributed by atoms with Crippen LogP contribution in [0.3, 0.4) is 0 Å². The number of fused-ring (bicyclic) bond motifs is 9. The molecule has 8 saturated carbocycles. The molecular weight excluding hydrogens is 500 g/mol. The van der Waals surface area contributed by atoms with Gasteiger partial charge >= 0.3 is 11.9 Å². The van der Waals surface area contributed by atoms with Crippen LogP contribution in [-0.4, -0.2) is 30.4 Å². The van der Waals surface area contributed by atoms with Gasteiger partial charge in [-0.15, -0.1) is 0 Å². The van der Waals surface area contributed by atoms with Gasteiger partial charge in [0.05, 0.1) is 24.0 Å². The predicted octanol–water partition coefficient (Wildman–Crippen LogP) is 7.27. The Morgan fingerprint density at radius 2 is 1.40 bits per heavy atom. The maximum atomic E-state index is 13.6. The lowest BCUT2D eigenvalue weighted by Crippen LogP contribution is -2.53. The van der Waals surface area contributed by atoms with Gasteiger partial charge in [0, 0.05) is 0 Å². The lowest BCUT2D eigenvalue weighted by atomic mass is 9.54. The third-order valence-corrected chi connectivity index (χ3v) is 13.2. The van der Waals surface area contributed by atoms with Gasteiger partial charge in [-0.05, 0) is 142 Å². The summed E-state index contributed by atoms with van der Waals surface area (Å²) in [6, 6.07) is 0. The van der Waals surface area contributed by atoms with E-state index in [9.17, 15) is 9.59 Å². The Bertz CT molecular complexity index is 974. The molecule has 0 N–H and O–H groups in total. The van der Waals surface area contributed by atoms with E-state index in [1.807, 2.05) is 6.92 Å². The first-order chi connectivity index (χ1) is 18.9. The fourth-order valence-electron chi connectivity index (χ4n) is 12.9. The van der Waals surface area contributed by atoms with E-state index in [4.69, 9.17) is 14.2 Å². The van der Waals surface area contributed by atoms with Gasteiger partial charge in [0.2, 0.25) is 6.29 Å². The number of rotatable bonds is 8. The molecule has 8 rings (SSSR count). The van der Waals surface area contributed by atoms with Gasteiger partial charge in [0.1, 0.15) is 0 Å². The van der Waals surface area contributed by atoms with Crippen LogP contribution in [-0.2, 0) is 23.8 Å². The first kappa shape index (κ1) is 27.7. The summed E-state index contributed by atoms with van der Waals surface area (Å²) in [6.45, 7) is 13.2. The highest BCUT2D eigenvalue weighted by Gasteiger charge is 2.66. The third-order valence-electron chi connectivity index (χ3n) is 13.2. The van der Waals surface area contributed by atoms with Crippen molar-refractivity contribution in [3.8, 4) is 0 Å². The Labute approximate surface area is 242 Å². The molecule has 0 saturated heterocycles. The molecule has 10 atom stereocenters. The molecule has 0 aromatic heterocycles. The maximum Gasteiger partial charge on any atom is 0.311 e. The molecule has 0 heterocycles. The highest BCUT2D eigenvalue weighted by atomic mass is 16.7. The second kappa shape index (κ2) is 9.71. The van der Waals surface area contributed by atoms with Crippen molar-refractivity contribution < 1.29 is 23.8 Å². The van der Waals surface area contributed by atoms with Gasteiger partial charge in [-0.1, -0.05) is 34.6 Å². The molecule has 8 fully saturated rings. The number of carbonyl (C=O) groups is 2. The first-order valence-corrected chi connectivity index (χ1v) is 17.0. The first-order valence-electron chi connectivity index (χ1n) is 17.0. The van der Waals surface area contributed by atoms with Crippen molar-refractivity contribution >= 4 is 11.9 Å². The van der Waals surface area contributed by atoms with E-state index >= 15 is 0 Å². The highest BCUT2D eigenvalue weighted by Crippen LogP contribution is 2.70. The fourth-order valence-corrected chi connectivity index (χ4v) is 12.9. The SMILES string of the molecule is CC(OC(=O)C1CC2CC1C1C2C2CC(COC(=O)C(C(C)C)C(C)(C)C)[C@@H]1C2)OC12CC3CC(CC(C3)C1)C2. The van der Waals surface area contributed by atoms with Crippen molar-refractivity contribution in [2.24, 2.45) is 82.3 Å².